The first kappa shape index (κ1) is 15.0. The monoisotopic (exact) mass is 254 g/mol. The Balaban J connectivity index is 2.18. The number of nitrogens with two attached hydrogens (primary N) is 1. The van der Waals surface area contributed by atoms with Gasteiger partial charge >= 0.3 is 0 Å². The van der Waals surface area contributed by atoms with Gasteiger partial charge in [0.15, 0.2) is 0 Å². The fourth-order valence-corrected chi connectivity index (χ4v) is 1.63. The van der Waals surface area contributed by atoms with Crippen LogP contribution in [0, 0.1) is 23.7 Å². The van der Waals surface area contributed by atoms with Crippen LogP contribution in [-0.2, 0) is 0 Å². The number of hydrogen-bond donors (Lipinski definition) is 2. The molecule has 100 valence electrons. The Labute approximate surface area is 116 Å². The van der Waals surface area contributed by atoms with Crippen molar-refractivity contribution in [1.29, 1.82) is 0 Å². The minimum atomic E-state index is 0.568. The maximum Gasteiger partial charge on any atom is 0.0776 e. The fourth-order valence-electron chi connectivity index (χ4n) is 1.63. The van der Waals surface area contributed by atoms with Crippen molar-refractivity contribution in [3.8, 4) is 23.7 Å². The first-order valence-electron chi connectivity index (χ1n) is 6.88. The molecule has 0 unspecified atom stereocenters. The lowest BCUT2D eigenvalue weighted by Gasteiger charge is -2.04. The van der Waals surface area contributed by atoms with Crippen LogP contribution in [0.3, 0.4) is 0 Å². The van der Waals surface area contributed by atoms with E-state index >= 15 is 0 Å². The lowest BCUT2D eigenvalue weighted by atomic mass is 10.2. The molecule has 1 rings (SSSR count). The van der Waals surface area contributed by atoms with E-state index in [0.29, 0.717) is 6.54 Å². The Morgan fingerprint density at radius 3 is 2.63 bits per heavy atom. The normalized spacial score (nSPS) is 8.89. The van der Waals surface area contributed by atoms with Crippen LogP contribution in [-0.4, -0.2) is 6.54 Å². The molecule has 0 saturated carbocycles. The third-order valence-corrected chi connectivity index (χ3v) is 2.72. The van der Waals surface area contributed by atoms with Gasteiger partial charge < -0.3 is 11.1 Å². The molecule has 0 radical (unpaired) electrons. The van der Waals surface area contributed by atoms with E-state index in [9.17, 15) is 0 Å². The summed E-state index contributed by atoms with van der Waals surface area (Å²) in [4.78, 5) is 0. The number of rotatable bonds is 6. The summed E-state index contributed by atoms with van der Waals surface area (Å²) in [5.74, 6) is 11.8. The molecule has 0 fully saturated rings. The third kappa shape index (κ3) is 7.06. The Morgan fingerprint density at radius 1 is 1.05 bits per heavy atom. The van der Waals surface area contributed by atoms with Crippen molar-refractivity contribution in [2.75, 3.05) is 17.6 Å². The summed E-state index contributed by atoms with van der Waals surface area (Å²) in [6.07, 6.45) is 5.97. The molecule has 3 N–H and O–H groups in total. The van der Waals surface area contributed by atoms with Crippen LogP contribution in [0.2, 0.25) is 0 Å². The highest BCUT2D eigenvalue weighted by molar-refractivity contribution is 5.65. The smallest absolute Gasteiger partial charge is 0.0776 e. The molecule has 0 aliphatic rings. The van der Waals surface area contributed by atoms with Crippen molar-refractivity contribution in [3.63, 3.8) is 0 Å². The van der Waals surface area contributed by atoms with Gasteiger partial charge in [0.1, 0.15) is 0 Å². The van der Waals surface area contributed by atoms with E-state index in [1.807, 2.05) is 24.3 Å². The Hall–Kier alpha value is -2.06. The molecule has 0 atom stereocenters. The summed E-state index contributed by atoms with van der Waals surface area (Å²) in [5.41, 5.74) is 7.46. The molecular weight excluding hydrogens is 232 g/mol. The van der Waals surface area contributed by atoms with Gasteiger partial charge in [-0.25, -0.2) is 0 Å². The van der Waals surface area contributed by atoms with E-state index in [-0.39, 0.29) is 0 Å². The number of benzene rings is 1. The summed E-state index contributed by atoms with van der Waals surface area (Å²) in [6.45, 7) is 2.78. The van der Waals surface area contributed by atoms with Crippen molar-refractivity contribution < 1.29 is 0 Å². The molecule has 1 aromatic carbocycles. The number of nitrogens with one attached hydrogen (secondary N) is 1. The zero-order valence-corrected chi connectivity index (χ0v) is 11.6. The maximum absolute atomic E-state index is 5.80. The van der Waals surface area contributed by atoms with Gasteiger partial charge in [0.05, 0.1) is 17.9 Å². The van der Waals surface area contributed by atoms with Crippen LogP contribution in [0.15, 0.2) is 24.3 Å². The lowest BCUT2D eigenvalue weighted by Crippen LogP contribution is -2.01. The molecule has 0 bridgehead atoms. The Kier molecular flexibility index (Phi) is 7.83. The van der Waals surface area contributed by atoms with Crippen molar-refractivity contribution in [2.24, 2.45) is 0 Å². The molecule has 0 aliphatic heterocycles. The first-order chi connectivity index (χ1) is 9.34. The van der Waals surface area contributed by atoms with Crippen LogP contribution in [0.25, 0.3) is 0 Å². The molecule has 0 aliphatic carbocycles. The largest absolute Gasteiger partial charge is 0.397 e. The van der Waals surface area contributed by atoms with Gasteiger partial charge in [0, 0.05) is 6.42 Å². The average molecular weight is 254 g/mol. The lowest BCUT2D eigenvalue weighted by molar-refractivity contribution is 0.680. The Bertz CT molecular complexity index is 483. The number of hydrogen-bond acceptors (Lipinski definition) is 2. The van der Waals surface area contributed by atoms with Gasteiger partial charge in [-0.2, -0.15) is 0 Å². The summed E-state index contributed by atoms with van der Waals surface area (Å²) in [5, 5.41) is 3.17. The molecular formula is C17H22N2. The van der Waals surface area contributed by atoms with Crippen molar-refractivity contribution in [1.82, 2.24) is 0 Å². The third-order valence-electron chi connectivity index (χ3n) is 2.72. The topological polar surface area (TPSA) is 38.0 Å². The molecule has 1 aromatic rings. The summed E-state index contributed by atoms with van der Waals surface area (Å²) < 4.78 is 0. The molecule has 0 spiro atoms. The van der Waals surface area contributed by atoms with E-state index in [0.717, 1.165) is 17.8 Å². The van der Waals surface area contributed by atoms with Crippen LogP contribution in [0.5, 0.6) is 0 Å². The zero-order chi connectivity index (χ0) is 13.8. The van der Waals surface area contributed by atoms with Gasteiger partial charge in [-0.15, -0.1) is 0 Å². The highest BCUT2D eigenvalue weighted by Gasteiger charge is 1.92. The standard InChI is InChI=1S/C17H22N2/c1-2-3-4-5-6-7-8-9-12-15-19-17-14-11-10-13-16(17)18/h10-11,13-14,19H,2-6,15,18H2,1H3. The highest BCUT2D eigenvalue weighted by Crippen LogP contribution is 2.15. The van der Waals surface area contributed by atoms with E-state index < -0.39 is 0 Å². The second-order valence-electron chi connectivity index (χ2n) is 4.36. The molecule has 0 amide bonds. The minimum absolute atomic E-state index is 0.568. The van der Waals surface area contributed by atoms with Crippen molar-refractivity contribution >= 4 is 11.4 Å². The number of para-hydroxylation sites is 2. The van der Waals surface area contributed by atoms with Crippen molar-refractivity contribution in [2.45, 2.75) is 39.0 Å². The van der Waals surface area contributed by atoms with Gasteiger partial charge in [0.25, 0.3) is 0 Å². The zero-order valence-electron chi connectivity index (χ0n) is 11.6. The number of anilines is 2. The molecule has 2 nitrogen and oxygen atoms in total. The summed E-state index contributed by atoms with van der Waals surface area (Å²) >= 11 is 0. The molecule has 0 aromatic heterocycles. The van der Waals surface area contributed by atoms with Crippen LogP contribution in [0.4, 0.5) is 11.4 Å². The van der Waals surface area contributed by atoms with Crippen LogP contribution < -0.4 is 11.1 Å². The van der Waals surface area contributed by atoms with E-state index in [2.05, 4.69) is 35.9 Å². The number of unbranched alkanes of at least 4 members (excludes halogenated alkanes) is 4. The van der Waals surface area contributed by atoms with E-state index in [1.165, 1.54) is 25.7 Å². The molecule has 19 heavy (non-hydrogen) atoms. The summed E-state index contributed by atoms with van der Waals surface area (Å²) in [7, 11) is 0. The Morgan fingerprint density at radius 2 is 1.84 bits per heavy atom. The maximum atomic E-state index is 5.80. The van der Waals surface area contributed by atoms with Gasteiger partial charge in [-0.1, -0.05) is 50.2 Å². The SMILES string of the molecule is CCCCCCC#CC#CCNc1ccccc1N. The van der Waals surface area contributed by atoms with Crippen LogP contribution >= 0.6 is 0 Å². The first-order valence-corrected chi connectivity index (χ1v) is 6.88. The predicted octanol–water partition coefficient (Wildman–Crippen LogP) is 3.66. The molecule has 0 heterocycles. The van der Waals surface area contributed by atoms with Gasteiger partial charge in [-0.05, 0) is 30.4 Å². The molecule has 0 saturated heterocycles. The van der Waals surface area contributed by atoms with Gasteiger partial charge in [0.2, 0.25) is 0 Å². The van der Waals surface area contributed by atoms with E-state index in [1.54, 1.807) is 0 Å². The quantitative estimate of drug-likeness (QED) is 0.462. The van der Waals surface area contributed by atoms with E-state index in [4.69, 9.17) is 5.73 Å². The minimum Gasteiger partial charge on any atom is -0.397 e. The average Bonchev–Trinajstić information content (AvgIpc) is 2.43. The van der Waals surface area contributed by atoms with Gasteiger partial charge in [-0.3, -0.25) is 0 Å². The second-order valence-corrected chi connectivity index (χ2v) is 4.36. The predicted molar refractivity (Wildman–Crippen MR) is 83.7 cm³/mol. The van der Waals surface area contributed by atoms with Crippen molar-refractivity contribution in [3.05, 3.63) is 24.3 Å². The van der Waals surface area contributed by atoms with Crippen LogP contribution in [0.1, 0.15) is 39.0 Å². The second kappa shape index (κ2) is 9.92. The summed E-state index contributed by atoms with van der Waals surface area (Å²) in [6, 6.07) is 7.67. The highest BCUT2D eigenvalue weighted by atomic mass is 14.9. The fraction of sp³-hybridized carbons (Fsp3) is 0.412. The molecule has 2 heteroatoms. The number of nitrogen functional groups attached to an aromatic ring is 1.